The zero-order valence-electron chi connectivity index (χ0n) is 13.4. The van der Waals surface area contributed by atoms with Crippen LogP contribution in [0.15, 0.2) is 18.2 Å². The summed E-state index contributed by atoms with van der Waals surface area (Å²) in [6.45, 7) is 11.7. The second kappa shape index (κ2) is 7.68. The second-order valence-electron chi connectivity index (χ2n) is 6.38. The van der Waals surface area contributed by atoms with E-state index in [0.29, 0.717) is 5.92 Å². The number of anilines is 1. The molecule has 0 bridgehead atoms. The molecule has 1 N–H and O–H groups in total. The van der Waals surface area contributed by atoms with E-state index in [2.05, 4.69) is 49.2 Å². The predicted octanol–water partition coefficient (Wildman–Crippen LogP) is 4.41. The molecule has 0 unspecified atom stereocenters. The van der Waals surface area contributed by atoms with Crippen molar-refractivity contribution in [2.45, 2.75) is 52.4 Å². The number of aryl methyl sites for hydroxylation is 1. The molecule has 0 spiro atoms. The second-order valence-corrected chi connectivity index (χ2v) is 6.38. The number of rotatable bonds is 6. The molecule has 20 heavy (non-hydrogen) atoms. The molecule has 1 aliphatic rings. The van der Waals surface area contributed by atoms with Gasteiger partial charge in [-0.05, 0) is 62.9 Å². The molecule has 1 aromatic rings. The lowest BCUT2D eigenvalue weighted by atomic mass is 9.98. The maximum atomic E-state index is 3.68. The van der Waals surface area contributed by atoms with Gasteiger partial charge in [-0.25, -0.2) is 0 Å². The Kier molecular flexibility index (Phi) is 5.90. The number of nitrogens with zero attached hydrogens (tertiary/aromatic N) is 1. The van der Waals surface area contributed by atoms with E-state index in [1.165, 1.54) is 62.1 Å². The van der Waals surface area contributed by atoms with E-state index >= 15 is 0 Å². The third kappa shape index (κ3) is 4.24. The molecular formula is C18H30N2. The summed E-state index contributed by atoms with van der Waals surface area (Å²) in [5.41, 5.74) is 4.18. The van der Waals surface area contributed by atoms with Crippen molar-refractivity contribution in [2.75, 3.05) is 31.5 Å². The van der Waals surface area contributed by atoms with Crippen LogP contribution in [0.1, 0.15) is 56.6 Å². The molecule has 2 rings (SSSR count). The molecule has 0 atom stereocenters. The van der Waals surface area contributed by atoms with Crippen molar-refractivity contribution in [3.8, 4) is 0 Å². The molecule has 0 saturated carbocycles. The number of hydrogen-bond acceptors (Lipinski definition) is 2. The number of piperidine rings is 1. The SMILES string of the molecule is Cc1cccc(C(C)C)c1NCCCN1CCCCC1. The molecule has 112 valence electrons. The maximum Gasteiger partial charge on any atom is 0.0405 e. The van der Waals surface area contributed by atoms with Crippen LogP contribution in [-0.2, 0) is 0 Å². The van der Waals surface area contributed by atoms with Crippen LogP contribution in [0.25, 0.3) is 0 Å². The van der Waals surface area contributed by atoms with Crippen LogP contribution in [0, 0.1) is 6.92 Å². The van der Waals surface area contributed by atoms with Crippen LogP contribution in [0.5, 0.6) is 0 Å². The fraction of sp³-hybridized carbons (Fsp3) is 0.667. The van der Waals surface area contributed by atoms with Gasteiger partial charge in [-0.2, -0.15) is 0 Å². The first-order valence-corrected chi connectivity index (χ1v) is 8.24. The molecular weight excluding hydrogens is 244 g/mol. The number of benzene rings is 1. The van der Waals surface area contributed by atoms with Crippen LogP contribution in [-0.4, -0.2) is 31.1 Å². The summed E-state index contributed by atoms with van der Waals surface area (Å²) in [5, 5.41) is 3.68. The Morgan fingerprint density at radius 3 is 2.60 bits per heavy atom. The molecule has 1 saturated heterocycles. The summed E-state index contributed by atoms with van der Waals surface area (Å²) in [4.78, 5) is 2.62. The van der Waals surface area contributed by atoms with Gasteiger partial charge >= 0.3 is 0 Å². The van der Waals surface area contributed by atoms with Crippen molar-refractivity contribution in [1.29, 1.82) is 0 Å². The zero-order chi connectivity index (χ0) is 14.4. The highest BCUT2D eigenvalue weighted by atomic mass is 15.1. The van der Waals surface area contributed by atoms with E-state index in [9.17, 15) is 0 Å². The van der Waals surface area contributed by atoms with Gasteiger partial charge in [-0.15, -0.1) is 0 Å². The molecule has 1 fully saturated rings. The van der Waals surface area contributed by atoms with E-state index in [-0.39, 0.29) is 0 Å². The minimum Gasteiger partial charge on any atom is -0.385 e. The highest BCUT2D eigenvalue weighted by Gasteiger charge is 2.10. The van der Waals surface area contributed by atoms with E-state index in [1.807, 2.05) is 0 Å². The van der Waals surface area contributed by atoms with Gasteiger partial charge in [0.25, 0.3) is 0 Å². The van der Waals surface area contributed by atoms with E-state index in [1.54, 1.807) is 0 Å². The summed E-state index contributed by atoms with van der Waals surface area (Å²) in [5.74, 6) is 0.583. The minimum atomic E-state index is 0.583. The summed E-state index contributed by atoms with van der Waals surface area (Å²) in [6.07, 6.45) is 5.45. The Hall–Kier alpha value is -1.02. The summed E-state index contributed by atoms with van der Waals surface area (Å²) in [7, 11) is 0. The first-order valence-electron chi connectivity index (χ1n) is 8.24. The Morgan fingerprint density at radius 1 is 1.15 bits per heavy atom. The lowest BCUT2D eigenvalue weighted by Gasteiger charge is -2.26. The van der Waals surface area contributed by atoms with Crippen LogP contribution < -0.4 is 5.32 Å². The van der Waals surface area contributed by atoms with Gasteiger partial charge in [0, 0.05) is 12.2 Å². The van der Waals surface area contributed by atoms with Crippen LogP contribution in [0.4, 0.5) is 5.69 Å². The molecule has 0 aromatic heterocycles. The van der Waals surface area contributed by atoms with Gasteiger partial charge in [0.2, 0.25) is 0 Å². The predicted molar refractivity (Wildman–Crippen MR) is 88.7 cm³/mol. The van der Waals surface area contributed by atoms with Crippen molar-refractivity contribution in [3.63, 3.8) is 0 Å². The molecule has 0 aliphatic carbocycles. The van der Waals surface area contributed by atoms with Crippen LogP contribution in [0.2, 0.25) is 0 Å². The molecule has 1 heterocycles. The maximum absolute atomic E-state index is 3.68. The average Bonchev–Trinajstić information content (AvgIpc) is 2.45. The minimum absolute atomic E-state index is 0.583. The molecule has 1 aromatic carbocycles. The number of likely N-dealkylation sites (tertiary alicyclic amines) is 1. The third-order valence-electron chi connectivity index (χ3n) is 4.33. The number of hydrogen-bond donors (Lipinski definition) is 1. The van der Waals surface area contributed by atoms with Crippen LogP contribution >= 0.6 is 0 Å². The van der Waals surface area contributed by atoms with Crippen molar-refractivity contribution in [1.82, 2.24) is 4.90 Å². The van der Waals surface area contributed by atoms with E-state index in [0.717, 1.165) is 6.54 Å². The van der Waals surface area contributed by atoms with Crippen LogP contribution in [0.3, 0.4) is 0 Å². The lowest BCUT2D eigenvalue weighted by Crippen LogP contribution is -2.31. The van der Waals surface area contributed by atoms with Gasteiger partial charge in [0.05, 0.1) is 0 Å². The van der Waals surface area contributed by atoms with Crippen molar-refractivity contribution in [2.24, 2.45) is 0 Å². The summed E-state index contributed by atoms with van der Waals surface area (Å²) < 4.78 is 0. The van der Waals surface area contributed by atoms with Gasteiger partial charge < -0.3 is 10.2 Å². The van der Waals surface area contributed by atoms with Gasteiger partial charge in [-0.1, -0.05) is 38.5 Å². The standard InChI is InChI=1S/C18H30N2/c1-15(2)17-10-7-9-16(3)18(17)19-11-8-14-20-12-5-4-6-13-20/h7,9-10,15,19H,4-6,8,11-14H2,1-3H3. The Morgan fingerprint density at radius 2 is 1.90 bits per heavy atom. The highest BCUT2D eigenvalue weighted by molar-refractivity contribution is 5.58. The average molecular weight is 274 g/mol. The highest BCUT2D eigenvalue weighted by Crippen LogP contribution is 2.27. The largest absolute Gasteiger partial charge is 0.385 e. The Balaban J connectivity index is 1.81. The summed E-state index contributed by atoms with van der Waals surface area (Å²) in [6, 6.07) is 6.63. The quantitative estimate of drug-likeness (QED) is 0.773. The van der Waals surface area contributed by atoms with Gasteiger partial charge in [-0.3, -0.25) is 0 Å². The van der Waals surface area contributed by atoms with Gasteiger partial charge in [0.1, 0.15) is 0 Å². The molecule has 2 nitrogen and oxygen atoms in total. The topological polar surface area (TPSA) is 15.3 Å². The summed E-state index contributed by atoms with van der Waals surface area (Å²) >= 11 is 0. The molecule has 2 heteroatoms. The van der Waals surface area contributed by atoms with E-state index < -0.39 is 0 Å². The van der Waals surface area contributed by atoms with Crippen molar-refractivity contribution >= 4 is 5.69 Å². The molecule has 0 amide bonds. The van der Waals surface area contributed by atoms with Crippen molar-refractivity contribution < 1.29 is 0 Å². The van der Waals surface area contributed by atoms with Gasteiger partial charge in [0.15, 0.2) is 0 Å². The number of para-hydroxylation sites is 1. The third-order valence-corrected chi connectivity index (χ3v) is 4.33. The first kappa shape index (κ1) is 15.4. The Labute approximate surface area is 124 Å². The molecule has 1 aliphatic heterocycles. The van der Waals surface area contributed by atoms with E-state index in [4.69, 9.17) is 0 Å². The lowest BCUT2D eigenvalue weighted by molar-refractivity contribution is 0.228. The van der Waals surface area contributed by atoms with Crippen molar-refractivity contribution in [3.05, 3.63) is 29.3 Å². The number of nitrogens with one attached hydrogen (secondary N) is 1. The normalized spacial score (nSPS) is 16.6. The fourth-order valence-corrected chi connectivity index (χ4v) is 3.11. The monoisotopic (exact) mass is 274 g/mol. The molecule has 0 radical (unpaired) electrons. The smallest absolute Gasteiger partial charge is 0.0405 e. The zero-order valence-corrected chi connectivity index (χ0v) is 13.4. The first-order chi connectivity index (χ1) is 9.68. The fourth-order valence-electron chi connectivity index (χ4n) is 3.11. The Bertz CT molecular complexity index is 406.